The zero-order valence-corrected chi connectivity index (χ0v) is 25.2. The average molecular weight is 605 g/mol. The van der Waals surface area contributed by atoms with E-state index in [4.69, 9.17) is 24.0 Å². The van der Waals surface area contributed by atoms with Crippen molar-refractivity contribution in [3.63, 3.8) is 0 Å². The molecule has 2 aliphatic heterocycles. The average Bonchev–Trinajstić information content (AvgIpc) is 3.52. The Morgan fingerprint density at radius 1 is 0.955 bits per heavy atom. The van der Waals surface area contributed by atoms with Crippen molar-refractivity contribution in [1.29, 1.82) is 0 Å². The summed E-state index contributed by atoms with van der Waals surface area (Å²) in [6.45, 7) is 3.30. The number of hydrazone groups is 1. The Labute approximate surface area is 256 Å². The van der Waals surface area contributed by atoms with Gasteiger partial charge in [0, 0.05) is 49.8 Å². The van der Waals surface area contributed by atoms with Gasteiger partial charge >= 0.3 is 0 Å². The second-order valence-corrected chi connectivity index (χ2v) is 10.5. The number of rotatable bonds is 11. The van der Waals surface area contributed by atoms with Crippen LogP contribution in [-0.2, 0) is 9.53 Å². The minimum absolute atomic E-state index is 0.181. The highest BCUT2D eigenvalue weighted by molar-refractivity contribution is 6.05. The second-order valence-electron chi connectivity index (χ2n) is 10.5. The molecule has 0 aliphatic carbocycles. The van der Waals surface area contributed by atoms with Crippen molar-refractivity contribution in [2.24, 2.45) is 5.10 Å². The number of hydrogen-bond acceptors (Lipinski definition) is 8. The molecule has 0 aromatic heterocycles. The van der Waals surface area contributed by atoms with Crippen molar-refractivity contribution in [2.45, 2.75) is 12.5 Å². The summed E-state index contributed by atoms with van der Waals surface area (Å²) in [7, 11) is 4.75. The normalized spacial score (nSPS) is 16.8. The number of ether oxygens (including phenoxy) is 4. The van der Waals surface area contributed by atoms with Crippen molar-refractivity contribution in [1.82, 2.24) is 14.8 Å². The van der Waals surface area contributed by atoms with E-state index in [1.54, 1.807) is 33.5 Å². The highest BCUT2D eigenvalue weighted by Crippen LogP contribution is 2.36. The van der Waals surface area contributed by atoms with E-state index in [-0.39, 0.29) is 24.6 Å². The first-order valence-corrected chi connectivity index (χ1v) is 14.5. The van der Waals surface area contributed by atoms with Gasteiger partial charge < -0.3 is 23.8 Å². The molecule has 1 fully saturated rings. The first-order chi connectivity index (χ1) is 21.4. The van der Waals surface area contributed by atoms with Crippen LogP contribution in [0.15, 0.2) is 71.8 Å². The van der Waals surface area contributed by atoms with E-state index < -0.39 is 17.8 Å². The van der Waals surface area contributed by atoms with Crippen molar-refractivity contribution in [2.75, 3.05) is 67.3 Å². The Balaban J connectivity index is 1.45. The smallest absolute Gasteiger partial charge is 0.262 e. The number of morpholine rings is 1. The molecule has 2 aliphatic rings. The van der Waals surface area contributed by atoms with Crippen LogP contribution in [0.3, 0.4) is 0 Å². The van der Waals surface area contributed by atoms with Gasteiger partial charge in [0.2, 0.25) is 0 Å². The molecule has 232 valence electrons. The molecule has 3 aromatic rings. The van der Waals surface area contributed by atoms with E-state index in [0.717, 1.165) is 24.2 Å². The van der Waals surface area contributed by atoms with Crippen molar-refractivity contribution < 1.29 is 32.9 Å². The minimum Gasteiger partial charge on any atom is -0.497 e. The molecular weight excluding hydrogens is 567 g/mol. The van der Waals surface area contributed by atoms with Crippen LogP contribution in [0.2, 0.25) is 0 Å². The van der Waals surface area contributed by atoms with Gasteiger partial charge in [-0.05, 0) is 48.0 Å². The van der Waals surface area contributed by atoms with E-state index in [0.29, 0.717) is 49.1 Å². The van der Waals surface area contributed by atoms with Gasteiger partial charge in [0.05, 0.1) is 46.3 Å². The van der Waals surface area contributed by atoms with Crippen molar-refractivity contribution in [3.05, 3.63) is 89.2 Å². The Kier molecular flexibility index (Phi) is 10.1. The Bertz CT molecular complexity index is 1490. The van der Waals surface area contributed by atoms with Gasteiger partial charge in [-0.1, -0.05) is 18.2 Å². The topological polar surface area (TPSA) is 93.1 Å². The molecular formula is C33H37FN4O6. The highest BCUT2D eigenvalue weighted by atomic mass is 19.1. The largest absolute Gasteiger partial charge is 0.497 e. The maximum atomic E-state index is 14.1. The molecule has 5 rings (SSSR count). The van der Waals surface area contributed by atoms with Crippen molar-refractivity contribution in [3.8, 4) is 17.2 Å². The van der Waals surface area contributed by atoms with Gasteiger partial charge in [-0.2, -0.15) is 5.10 Å². The molecule has 0 radical (unpaired) electrons. The summed E-state index contributed by atoms with van der Waals surface area (Å²) in [5.74, 6) is 0.594. The zero-order valence-electron chi connectivity index (χ0n) is 25.2. The van der Waals surface area contributed by atoms with Crippen LogP contribution in [0, 0.1) is 5.82 Å². The van der Waals surface area contributed by atoms with E-state index in [1.165, 1.54) is 28.1 Å². The lowest BCUT2D eigenvalue weighted by Gasteiger charge is -2.31. The third kappa shape index (κ3) is 7.17. The molecule has 0 N–H and O–H groups in total. The first kappa shape index (κ1) is 31.0. The SMILES string of the molecule is COc1ccc([C@H]2CC(c3ccc(OC)cc3OC)=NN2C(=O)CN(CCN2CCOCC2)C(=O)c2cccc(F)c2)cc1. The lowest BCUT2D eigenvalue weighted by atomic mass is 9.97. The zero-order chi connectivity index (χ0) is 31.1. The Morgan fingerprint density at radius 3 is 2.36 bits per heavy atom. The lowest BCUT2D eigenvalue weighted by Crippen LogP contribution is -2.46. The maximum absolute atomic E-state index is 14.1. The molecule has 0 bridgehead atoms. The quantitative estimate of drug-likeness (QED) is 0.327. The standard InChI is InChI=1S/C33H37FN4O6/c1-41-26-9-7-23(8-10-26)30-21-29(28-12-11-27(42-2)20-31(28)43-3)35-38(30)32(39)22-37(14-13-36-15-17-44-18-16-36)33(40)24-5-4-6-25(34)19-24/h4-12,19-20,30H,13-18,21-22H2,1-3H3/t30-/m1/s1. The van der Waals surface area contributed by atoms with Gasteiger partial charge in [-0.25, -0.2) is 9.40 Å². The van der Waals surface area contributed by atoms with E-state index >= 15 is 0 Å². The summed E-state index contributed by atoms with van der Waals surface area (Å²) in [6, 6.07) is 18.0. The predicted octanol–water partition coefficient (Wildman–Crippen LogP) is 4.00. The second kappa shape index (κ2) is 14.3. The maximum Gasteiger partial charge on any atom is 0.262 e. The molecule has 0 saturated carbocycles. The third-order valence-corrected chi connectivity index (χ3v) is 7.86. The third-order valence-electron chi connectivity index (χ3n) is 7.86. The fourth-order valence-corrected chi connectivity index (χ4v) is 5.40. The molecule has 0 unspecified atom stereocenters. The van der Waals surface area contributed by atoms with Gasteiger partial charge in [-0.15, -0.1) is 0 Å². The molecule has 1 atom stereocenters. The first-order valence-electron chi connectivity index (χ1n) is 14.5. The summed E-state index contributed by atoms with van der Waals surface area (Å²) in [6.07, 6.45) is 0.423. The van der Waals surface area contributed by atoms with Crippen LogP contribution >= 0.6 is 0 Å². The highest BCUT2D eigenvalue weighted by Gasteiger charge is 2.35. The van der Waals surface area contributed by atoms with Crippen LogP contribution in [0.1, 0.15) is 33.9 Å². The summed E-state index contributed by atoms with van der Waals surface area (Å²) in [5.41, 5.74) is 2.44. The monoisotopic (exact) mass is 604 g/mol. The number of nitrogens with zero attached hydrogens (tertiary/aromatic N) is 4. The molecule has 2 heterocycles. The van der Waals surface area contributed by atoms with Crippen LogP contribution in [0.25, 0.3) is 0 Å². The van der Waals surface area contributed by atoms with E-state index in [1.807, 2.05) is 36.4 Å². The minimum atomic E-state index is -0.517. The lowest BCUT2D eigenvalue weighted by molar-refractivity contribution is -0.133. The number of carbonyl (C=O) groups excluding carboxylic acids is 2. The molecule has 11 heteroatoms. The number of methoxy groups -OCH3 is 3. The number of halogens is 1. The fourth-order valence-electron chi connectivity index (χ4n) is 5.40. The van der Waals surface area contributed by atoms with Crippen molar-refractivity contribution >= 4 is 17.5 Å². The van der Waals surface area contributed by atoms with Crippen LogP contribution in [0.4, 0.5) is 4.39 Å². The van der Waals surface area contributed by atoms with Gasteiger partial charge in [-0.3, -0.25) is 14.5 Å². The van der Waals surface area contributed by atoms with Crippen LogP contribution in [0.5, 0.6) is 17.2 Å². The molecule has 3 aromatic carbocycles. The summed E-state index contributed by atoms with van der Waals surface area (Å²) in [5, 5.41) is 6.24. The molecule has 10 nitrogen and oxygen atoms in total. The van der Waals surface area contributed by atoms with Gasteiger partial charge in [0.25, 0.3) is 11.8 Å². The van der Waals surface area contributed by atoms with Gasteiger partial charge in [0.1, 0.15) is 29.6 Å². The number of hydrogen-bond donors (Lipinski definition) is 0. The molecule has 0 spiro atoms. The Hall–Kier alpha value is -4.48. The molecule has 1 saturated heterocycles. The van der Waals surface area contributed by atoms with Crippen LogP contribution in [-0.4, -0.2) is 99.6 Å². The van der Waals surface area contributed by atoms with E-state index in [9.17, 15) is 14.0 Å². The summed E-state index contributed by atoms with van der Waals surface area (Å²) < 4.78 is 35.8. The number of benzene rings is 3. The predicted molar refractivity (Wildman–Crippen MR) is 163 cm³/mol. The summed E-state index contributed by atoms with van der Waals surface area (Å²) >= 11 is 0. The number of amides is 2. The molecule has 2 amide bonds. The summed E-state index contributed by atoms with van der Waals surface area (Å²) in [4.78, 5) is 31.4. The Morgan fingerprint density at radius 2 is 1.68 bits per heavy atom. The van der Waals surface area contributed by atoms with Crippen LogP contribution < -0.4 is 14.2 Å². The van der Waals surface area contributed by atoms with E-state index in [2.05, 4.69) is 4.90 Å². The fraction of sp³-hybridized carbons (Fsp3) is 0.364. The number of carbonyl (C=O) groups is 2. The molecule has 44 heavy (non-hydrogen) atoms. The van der Waals surface area contributed by atoms with Gasteiger partial charge in [0.15, 0.2) is 0 Å².